The molecular weight excluding hydrogens is 200 g/mol. The average molecular weight is 237 g/mol. The summed E-state index contributed by atoms with van der Waals surface area (Å²) in [6.45, 7) is 8.39. The summed E-state index contributed by atoms with van der Waals surface area (Å²) in [5, 5.41) is 0. The Morgan fingerprint density at radius 3 is 1.38 bits per heavy atom. The third kappa shape index (κ3) is 37.3. The number of Topliss-reactive ketones (excluding diaryl/α,β-unsaturated/α-hetero) is 1. The van der Waals surface area contributed by atoms with Gasteiger partial charge in [-0.2, -0.15) is 0 Å². The maximum Gasteiger partial charge on any atom is 1.00 e. The maximum absolute atomic E-state index is 10.4. The van der Waals surface area contributed by atoms with Gasteiger partial charge in [-0.3, -0.25) is 4.79 Å². The van der Waals surface area contributed by atoms with Crippen molar-refractivity contribution in [3.05, 3.63) is 0 Å². The lowest BCUT2D eigenvalue weighted by molar-refractivity contribution is -0.118. The lowest BCUT2D eigenvalue weighted by Gasteiger charge is -1.87. The Hall–Kier alpha value is -0.370. The molecule has 0 radical (unpaired) electrons. The number of hydrogen-bond donors (Lipinski definition) is 0. The molecule has 0 unspecified atom stereocenters. The molecule has 2 N–H and O–H groups in total. The molecule has 0 aromatic heterocycles. The fourth-order valence-electron chi connectivity index (χ4n) is 0.956. The molecule has 104 valence electrons. The van der Waals surface area contributed by atoms with Crippen LogP contribution in [0.25, 0.3) is 0 Å². The van der Waals surface area contributed by atoms with E-state index in [1.807, 2.05) is 13.8 Å². The first-order chi connectivity index (χ1) is 6.22. The zero-order chi connectivity index (χ0) is 10.5. The molecule has 0 spiro atoms. The van der Waals surface area contributed by atoms with Crippen molar-refractivity contribution in [2.24, 2.45) is 0 Å². The van der Waals surface area contributed by atoms with Crippen LogP contribution in [0, 0.1) is 0 Å². The van der Waals surface area contributed by atoms with Crippen LogP contribution in [0.2, 0.25) is 0 Å². The van der Waals surface area contributed by atoms with Crippen molar-refractivity contribution in [3.63, 3.8) is 0 Å². The highest BCUT2D eigenvalue weighted by molar-refractivity contribution is 5.77. The maximum atomic E-state index is 10.4. The summed E-state index contributed by atoms with van der Waals surface area (Å²) >= 11 is 0. The molecule has 16 heavy (non-hydrogen) atoms. The number of ketones is 1. The lowest BCUT2D eigenvalue weighted by atomic mass is 10.2. The molecule has 0 atom stereocenters. The Morgan fingerprint density at radius 1 is 0.875 bits per heavy atom. The van der Waals surface area contributed by atoms with Crippen LogP contribution in [-0.4, -0.2) is 11.3 Å². The SMILES string of the molecule is C.C.CCCC(=O)CC.CCCCCC.O.[H+]. The molecule has 0 saturated carbocycles. The number of unbranched alkanes of at least 4 members (excludes halogenated alkanes) is 3. The summed E-state index contributed by atoms with van der Waals surface area (Å²) in [7, 11) is 0. The van der Waals surface area contributed by atoms with Crippen molar-refractivity contribution in [2.45, 2.75) is 87.5 Å². The summed E-state index contributed by atoms with van der Waals surface area (Å²) in [6.07, 6.45) is 7.99. The highest BCUT2D eigenvalue weighted by Gasteiger charge is 1.91. The molecule has 2 nitrogen and oxygen atoms in total. The van der Waals surface area contributed by atoms with E-state index < -0.39 is 0 Å². The zero-order valence-electron chi connectivity index (χ0n) is 11.4. The molecule has 0 heterocycles. The first-order valence-corrected chi connectivity index (χ1v) is 5.74. The number of rotatable bonds is 6. The molecule has 0 rings (SSSR count). The van der Waals surface area contributed by atoms with E-state index in [-0.39, 0.29) is 21.8 Å². The van der Waals surface area contributed by atoms with Gasteiger partial charge in [0.05, 0.1) is 0 Å². The number of hydrogen-bond acceptors (Lipinski definition) is 1. The molecule has 2 heteroatoms. The van der Waals surface area contributed by atoms with Crippen LogP contribution in [-0.2, 0) is 4.79 Å². The molecule has 0 bridgehead atoms. The van der Waals surface area contributed by atoms with Crippen molar-refractivity contribution in [2.75, 3.05) is 0 Å². The second kappa shape index (κ2) is 29.3. The van der Waals surface area contributed by atoms with E-state index in [0.29, 0.717) is 12.2 Å². The third-order valence-electron chi connectivity index (χ3n) is 1.88. The predicted octanol–water partition coefficient (Wildman–Crippen LogP) is 4.91. The van der Waals surface area contributed by atoms with Crippen molar-refractivity contribution >= 4 is 5.78 Å². The van der Waals surface area contributed by atoms with Gasteiger partial charge in [0, 0.05) is 12.8 Å². The van der Waals surface area contributed by atoms with E-state index in [4.69, 9.17) is 0 Å². The zero-order valence-corrected chi connectivity index (χ0v) is 10.4. The van der Waals surface area contributed by atoms with E-state index in [1.54, 1.807) is 0 Å². The molecular formula is C14H37O2+. The summed E-state index contributed by atoms with van der Waals surface area (Å²) in [5.74, 6) is 0.377. The van der Waals surface area contributed by atoms with Crippen molar-refractivity contribution in [1.82, 2.24) is 0 Å². The third-order valence-corrected chi connectivity index (χ3v) is 1.88. The molecule has 0 amide bonds. The molecule has 0 saturated heterocycles. The van der Waals surface area contributed by atoms with Crippen LogP contribution in [0.4, 0.5) is 0 Å². The summed E-state index contributed by atoms with van der Waals surface area (Å²) in [4.78, 5) is 10.4. The smallest absolute Gasteiger partial charge is 0.412 e. The van der Waals surface area contributed by atoms with Gasteiger partial charge in [-0.1, -0.05) is 68.2 Å². The van der Waals surface area contributed by atoms with Crippen molar-refractivity contribution < 1.29 is 11.7 Å². The van der Waals surface area contributed by atoms with Gasteiger partial charge in [-0.15, -0.1) is 0 Å². The summed E-state index contributed by atoms with van der Waals surface area (Å²) < 4.78 is 0. The van der Waals surface area contributed by atoms with E-state index in [1.165, 1.54) is 25.7 Å². The van der Waals surface area contributed by atoms with Gasteiger partial charge in [-0.25, -0.2) is 0 Å². The van der Waals surface area contributed by atoms with Gasteiger partial charge in [0.2, 0.25) is 0 Å². The largest absolute Gasteiger partial charge is 1.00 e. The Kier molecular flexibility index (Phi) is 54.2. The fourth-order valence-corrected chi connectivity index (χ4v) is 0.956. The lowest BCUT2D eigenvalue weighted by Crippen LogP contribution is -1.91. The minimum atomic E-state index is 0. The van der Waals surface area contributed by atoms with Crippen LogP contribution < -0.4 is 0 Å². The van der Waals surface area contributed by atoms with Gasteiger partial charge in [0.1, 0.15) is 5.78 Å². The monoisotopic (exact) mass is 237 g/mol. The van der Waals surface area contributed by atoms with E-state index in [0.717, 1.165) is 12.8 Å². The summed E-state index contributed by atoms with van der Waals surface area (Å²) in [5.41, 5.74) is 0. The molecule has 0 aromatic carbocycles. The fraction of sp³-hybridized carbons (Fsp3) is 0.929. The summed E-state index contributed by atoms with van der Waals surface area (Å²) in [6, 6.07) is 0. The van der Waals surface area contributed by atoms with Gasteiger partial charge in [0.15, 0.2) is 0 Å². The van der Waals surface area contributed by atoms with Crippen molar-refractivity contribution in [1.29, 1.82) is 0 Å². The van der Waals surface area contributed by atoms with E-state index in [2.05, 4.69) is 13.8 Å². The Bertz CT molecular complexity index is 102. The molecule has 0 aliphatic rings. The van der Waals surface area contributed by atoms with E-state index >= 15 is 0 Å². The highest BCUT2D eigenvalue weighted by Crippen LogP contribution is 1.95. The minimum absolute atomic E-state index is 0. The minimum Gasteiger partial charge on any atom is -0.412 e. The number of carbonyl (C=O) groups is 1. The van der Waals surface area contributed by atoms with Gasteiger partial charge in [0.25, 0.3) is 0 Å². The van der Waals surface area contributed by atoms with Crippen LogP contribution in [0.3, 0.4) is 0 Å². The second-order valence-electron chi connectivity index (χ2n) is 3.35. The standard InChI is InChI=1S/C6H12O.C6H14.2CH4.H2O/c1-3-5-6(7)4-2;1-3-5-6-4-2;;;/h3-5H2,1-2H3;3-6H2,1-2H3;2*1H4;1H2/p+1. The molecule has 0 aliphatic carbocycles. The van der Waals surface area contributed by atoms with Crippen LogP contribution >= 0.6 is 0 Å². The quantitative estimate of drug-likeness (QED) is 0.605. The average Bonchev–Trinajstić information content (AvgIpc) is 2.16. The van der Waals surface area contributed by atoms with Gasteiger partial charge < -0.3 is 5.48 Å². The topological polar surface area (TPSA) is 48.6 Å². The normalized spacial score (nSPS) is 7.25. The Morgan fingerprint density at radius 2 is 1.25 bits per heavy atom. The molecule has 0 fully saturated rings. The van der Waals surface area contributed by atoms with Crippen LogP contribution in [0.15, 0.2) is 0 Å². The predicted molar refractivity (Wildman–Crippen MR) is 78.2 cm³/mol. The van der Waals surface area contributed by atoms with Gasteiger partial charge >= 0.3 is 1.43 Å². The molecule has 0 aromatic rings. The van der Waals surface area contributed by atoms with Crippen LogP contribution in [0.1, 0.15) is 88.9 Å². The van der Waals surface area contributed by atoms with Gasteiger partial charge in [-0.05, 0) is 6.42 Å². The van der Waals surface area contributed by atoms with E-state index in [9.17, 15) is 4.79 Å². The first-order valence-electron chi connectivity index (χ1n) is 5.74. The second-order valence-corrected chi connectivity index (χ2v) is 3.35. The molecule has 0 aliphatic heterocycles. The highest BCUT2D eigenvalue weighted by atomic mass is 16.1. The Labute approximate surface area is 106 Å². The van der Waals surface area contributed by atoms with Crippen LogP contribution in [0.5, 0.6) is 0 Å². The number of carbonyl (C=O) groups excluding carboxylic acids is 1. The Balaban J connectivity index is -0.0000000290. The van der Waals surface area contributed by atoms with Crippen molar-refractivity contribution in [3.8, 4) is 0 Å². The first kappa shape index (κ1) is 29.6.